The van der Waals surface area contributed by atoms with Crippen molar-refractivity contribution in [1.82, 2.24) is 67.9 Å². The first-order valence-electron chi connectivity index (χ1n) is 38.9. The topological polar surface area (TPSA) is 523 Å². The first-order valence-corrected chi connectivity index (χ1v) is 40.3. The molecule has 0 bridgehead atoms. The predicted octanol–water partition coefficient (Wildman–Crippen LogP) is -2.67. The van der Waals surface area contributed by atoms with Gasteiger partial charge in [-0.1, -0.05) is 108 Å². The van der Waals surface area contributed by atoms with Crippen LogP contribution in [0.25, 0.3) is 0 Å². The Labute approximate surface area is 652 Å². The molecule has 0 radical (unpaired) electrons. The molecule has 20 N–H and O–H groups in total. The molecule has 6 rings (SSSR count). The van der Waals surface area contributed by atoms with E-state index >= 15 is 9.59 Å². The fourth-order valence-corrected chi connectivity index (χ4v) is 15.1. The summed E-state index contributed by atoms with van der Waals surface area (Å²) < 4.78 is 0. The number of rotatable bonds is 37. The second kappa shape index (κ2) is 45.5. The van der Waals surface area contributed by atoms with E-state index in [1.54, 1.807) is 37.3 Å². The average molecular weight is 1580 g/mol. The summed E-state index contributed by atoms with van der Waals surface area (Å²) in [4.78, 5) is 174. The van der Waals surface area contributed by atoms with Gasteiger partial charge in [-0.3, -0.25) is 62.9 Å². The van der Waals surface area contributed by atoms with E-state index in [1.165, 1.54) is 42.1 Å². The predicted molar refractivity (Wildman–Crippen MR) is 409 cm³/mol. The molecule has 20 atom stereocenters. The molecule has 0 aromatic heterocycles. The number of nitrogens with one attached hydrogen (secondary N) is 10. The Morgan fingerprint density at radius 3 is 1.96 bits per heavy atom. The lowest BCUT2D eigenvalue weighted by atomic mass is 9.91. The van der Waals surface area contributed by atoms with Gasteiger partial charge >= 0.3 is 0 Å². The van der Waals surface area contributed by atoms with Crippen LogP contribution in [0.5, 0.6) is 5.75 Å². The van der Waals surface area contributed by atoms with E-state index < -0.39 is 226 Å². The van der Waals surface area contributed by atoms with Crippen LogP contribution in [-0.4, -0.2) is 281 Å². The number of thioether (sulfide) groups is 1. The lowest BCUT2D eigenvalue weighted by Gasteiger charge is -2.35. The molecule has 12 amide bonds. The van der Waals surface area contributed by atoms with Crippen LogP contribution >= 0.6 is 11.8 Å². The van der Waals surface area contributed by atoms with Gasteiger partial charge in [0.1, 0.15) is 78.5 Å². The van der Waals surface area contributed by atoms with E-state index in [9.17, 15) is 88.8 Å². The van der Waals surface area contributed by atoms with E-state index in [-0.39, 0.29) is 56.6 Å². The van der Waals surface area contributed by atoms with Crippen LogP contribution in [-0.2, 0) is 64.0 Å². The number of hydrogen-bond donors (Lipinski definition) is 19. The van der Waals surface area contributed by atoms with E-state index in [1.807, 2.05) is 6.26 Å². The molecule has 34 nitrogen and oxygen atoms in total. The van der Waals surface area contributed by atoms with Crippen molar-refractivity contribution < 1.29 is 98.4 Å². The van der Waals surface area contributed by atoms with Crippen molar-refractivity contribution in [1.29, 1.82) is 0 Å². The SMILES string of the molecule is CC[C@H](C)C[C@H](C)CCCCCCCCC(=O)N[C@H]1C[C@@H](O)[C@@H](NCCN)NC(=O)[C@@H]2[C@@H](O)CCN2C(=O)[C@H]([C@H](O)CCNC(=O)CCNC(=O)[C@H](Cc2ccccc2)N2C(=O)[C@@H](NC(=O)[C@H](CCSC)NC(C)=O)CC2C)NC(=O)[C@H]([C@H](O)[C@@H](O)c2ccc(O)cc2)NC(=O)[C@@H]2C[C@@H](O)CN2C(=O)[C@H]([C@@H](C)O)NC1=O. The van der Waals surface area contributed by atoms with Crippen LogP contribution in [0.3, 0.4) is 0 Å². The molecular weight excluding hydrogens is 1460 g/mol. The third-order valence-electron chi connectivity index (χ3n) is 21.0. The lowest BCUT2D eigenvalue weighted by Crippen LogP contribution is -2.65. The number of nitrogens with two attached hydrogens (primary N) is 1. The van der Waals surface area contributed by atoms with Crippen LogP contribution < -0.4 is 58.9 Å². The van der Waals surface area contributed by atoms with Gasteiger partial charge in [-0.15, -0.1) is 0 Å². The molecule has 1 unspecified atom stereocenters. The maximum atomic E-state index is 15.3. The van der Waals surface area contributed by atoms with E-state index in [0.717, 1.165) is 67.4 Å². The third-order valence-corrected chi connectivity index (χ3v) is 21.6. The molecule has 111 heavy (non-hydrogen) atoms. The number of phenolic OH excluding ortho intramolecular Hbond substituents is 1. The molecule has 0 spiro atoms. The molecule has 620 valence electrons. The van der Waals surface area contributed by atoms with Crippen molar-refractivity contribution in [3.8, 4) is 5.75 Å². The van der Waals surface area contributed by atoms with Crippen LogP contribution in [0.4, 0.5) is 0 Å². The van der Waals surface area contributed by atoms with Crippen molar-refractivity contribution in [2.24, 2.45) is 17.6 Å². The number of amides is 12. The first-order chi connectivity index (χ1) is 52.8. The summed E-state index contributed by atoms with van der Waals surface area (Å²) in [6.07, 6.45) is -7.01. The number of phenols is 1. The number of benzene rings is 2. The molecule has 2 aromatic rings. The first kappa shape index (κ1) is 91.7. The van der Waals surface area contributed by atoms with Crippen molar-refractivity contribution in [2.45, 2.75) is 266 Å². The Balaban J connectivity index is 1.27. The van der Waals surface area contributed by atoms with Crippen molar-refractivity contribution in [3.05, 3.63) is 65.7 Å². The standard InChI is InChI=1S/C76H120N14O20S/c1-8-42(2)36-43(3)18-14-11-9-10-12-17-21-60(99)82-52-40-58(97)67(79-33-30-77)87-73(107)64-57(96)28-34-88(64)76(110)62(85-72(106)63(66(101)65(100)48-22-24-49(93)25-23-48)86-71(105)54-39-50(94)41-89(54)75(109)61(45(5)91)84-69(52)103)56(95)26-31-78-59(98)27-32-80-70(104)55(38-47-19-15-13-16-20-47)90-44(4)37-53(74(90)108)83-68(102)51(29-35-111-7)81-46(6)92/h13,15-16,19-20,22-25,42-45,50-58,61-67,79,91,93-97,100-101H,8-12,14,17-18,21,26-41,77H2,1-7H3,(H,78,98)(H,80,104)(H,81,92)(H,82,99)(H,83,102)(H,84,103)(H,85,106)(H,86,105)(H,87,107)/t42-,43+,44?,45+,50+,51-,52-,53-,54-,55-,56+,57-,58+,61-,62-,63-,64-,65-,66-,67-/m0/s1. The third kappa shape index (κ3) is 27.6. The minimum atomic E-state index is -2.42. The summed E-state index contributed by atoms with van der Waals surface area (Å²) in [6.45, 7) is 8.78. The van der Waals surface area contributed by atoms with E-state index in [0.29, 0.717) is 42.4 Å². The number of likely N-dealkylation sites (tertiary alicyclic amines) is 1. The molecule has 2 aromatic carbocycles. The average Bonchev–Trinajstić information content (AvgIpc) is 1.68. The molecular formula is C76H120N14O20S. The van der Waals surface area contributed by atoms with Crippen LogP contribution in [0.1, 0.15) is 168 Å². The minimum absolute atomic E-state index is 0.0344. The summed E-state index contributed by atoms with van der Waals surface area (Å²) in [5.41, 5.74) is 6.44. The molecule has 35 heteroatoms. The molecule has 0 aliphatic carbocycles. The number of unbranched alkanes of at least 4 members (excludes halogenated alkanes) is 5. The van der Waals surface area contributed by atoms with E-state index in [2.05, 4.69) is 73.9 Å². The fourth-order valence-electron chi connectivity index (χ4n) is 14.7. The van der Waals surface area contributed by atoms with Crippen LogP contribution in [0.15, 0.2) is 54.6 Å². The summed E-state index contributed by atoms with van der Waals surface area (Å²) >= 11 is 1.47. The zero-order chi connectivity index (χ0) is 81.8. The number of carbonyl (C=O) groups is 12. The zero-order valence-electron chi connectivity index (χ0n) is 64.7. The van der Waals surface area contributed by atoms with Gasteiger partial charge in [0.15, 0.2) is 0 Å². The van der Waals surface area contributed by atoms with Crippen LogP contribution in [0, 0.1) is 11.8 Å². The largest absolute Gasteiger partial charge is 0.508 e. The minimum Gasteiger partial charge on any atom is -0.508 e. The van der Waals surface area contributed by atoms with Gasteiger partial charge in [0, 0.05) is 84.3 Å². The molecule has 0 saturated carbocycles. The van der Waals surface area contributed by atoms with Gasteiger partial charge in [-0.05, 0) is 99.5 Å². The van der Waals surface area contributed by atoms with Crippen LogP contribution in [0.2, 0.25) is 0 Å². The molecule has 4 aliphatic heterocycles. The van der Waals surface area contributed by atoms with Gasteiger partial charge in [0.25, 0.3) is 0 Å². The highest BCUT2D eigenvalue weighted by molar-refractivity contribution is 7.98. The van der Waals surface area contributed by atoms with Gasteiger partial charge in [-0.2, -0.15) is 11.8 Å². The number of aliphatic hydroxyl groups excluding tert-OH is 7. The quantitative estimate of drug-likeness (QED) is 0.0307. The Morgan fingerprint density at radius 2 is 1.31 bits per heavy atom. The summed E-state index contributed by atoms with van der Waals surface area (Å²) in [5.74, 6) is -9.53. The van der Waals surface area contributed by atoms with Gasteiger partial charge in [0.2, 0.25) is 70.9 Å². The van der Waals surface area contributed by atoms with E-state index in [4.69, 9.17) is 5.73 Å². The maximum Gasteiger partial charge on any atom is 0.248 e. The highest BCUT2D eigenvalue weighted by Crippen LogP contribution is 2.29. The Bertz CT molecular complexity index is 3410. The van der Waals surface area contributed by atoms with Crippen molar-refractivity contribution >= 4 is 82.6 Å². The zero-order valence-corrected chi connectivity index (χ0v) is 65.5. The highest BCUT2D eigenvalue weighted by Gasteiger charge is 2.50. The van der Waals surface area contributed by atoms with Crippen molar-refractivity contribution in [2.75, 3.05) is 51.3 Å². The number of aliphatic hydroxyl groups is 7. The molecule has 4 aliphatic rings. The molecule has 4 heterocycles. The second-order valence-electron chi connectivity index (χ2n) is 30.0. The second-order valence-corrected chi connectivity index (χ2v) is 31.0. The number of carbonyl (C=O) groups excluding carboxylic acids is 12. The van der Waals surface area contributed by atoms with Gasteiger partial charge in [-0.25, -0.2) is 0 Å². The number of aromatic hydroxyl groups is 1. The highest BCUT2D eigenvalue weighted by atomic mass is 32.2. The Kier molecular flexibility index (Phi) is 37.6. The number of hydrogen-bond acceptors (Lipinski definition) is 23. The summed E-state index contributed by atoms with van der Waals surface area (Å²) in [7, 11) is 0. The fraction of sp³-hybridized carbons (Fsp3) is 0.684. The normalized spacial score (nSPS) is 25.9. The van der Waals surface area contributed by atoms with Crippen molar-refractivity contribution in [3.63, 3.8) is 0 Å². The Hall–Kier alpha value is -8.13. The lowest BCUT2D eigenvalue weighted by molar-refractivity contribution is -0.148. The number of nitrogens with zero attached hydrogens (tertiary/aromatic N) is 3. The summed E-state index contributed by atoms with van der Waals surface area (Å²) in [5, 5.41) is 118. The van der Waals surface area contributed by atoms with Gasteiger partial charge in [0.05, 0.1) is 30.5 Å². The summed E-state index contributed by atoms with van der Waals surface area (Å²) in [6, 6.07) is -2.22. The molecule has 4 saturated heterocycles. The van der Waals surface area contributed by atoms with Gasteiger partial charge < -0.3 is 109 Å². The molecule has 4 fully saturated rings. The Morgan fingerprint density at radius 1 is 0.649 bits per heavy atom. The monoisotopic (exact) mass is 1580 g/mol. The smallest absolute Gasteiger partial charge is 0.248 e. The maximum absolute atomic E-state index is 15.3. The number of fused-ring (bicyclic) bond motifs is 2.